The smallest absolute Gasteiger partial charge is 0.302 e. The highest BCUT2D eigenvalue weighted by molar-refractivity contribution is 7.08. The Labute approximate surface area is 467 Å². The van der Waals surface area contributed by atoms with E-state index in [1.807, 2.05) is 31.0 Å². The van der Waals surface area contributed by atoms with Gasteiger partial charge in [-0.3, -0.25) is 30.7 Å². The highest BCUT2D eigenvalue weighted by Gasteiger charge is 2.35. The number of hydrogen-bond donors (Lipinski definition) is 2. The number of nitrogens with two attached hydrogens (primary N) is 1. The Morgan fingerprint density at radius 3 is 2.26 bits per heavy atom. The van der Waals surface area contributed by atoms with Gasteiger partial charge < -0.3 is 42.9 Å². The van der Waals surface area contributed by atoms with Crippen molar-refractivity contribution >= 4 is 47.0 Å². The van der Waals surface area contributed by atoms with E-state index in [-0.39, 0.29) is 55.2 Å². The maximum atomic E-state index is 14.1. The fourth-order valence-corrected chi connectivity index (χ4v) is 11.6. The van der Waals surface area contributed by atoms with Crippen molar-refractivity contribution in [2.24, 2.45) is 17.2 Å². The van der Waals surface area contributed by atoms with Gasteiger partial charge in [-0.1, -0.05) is 59.1 Å². The Morgan fingerprint density at radius 2 is 1.64 bits per heavy atom. The second-order valence-electron chi connectivity index (χ2n) is 22.9. The van der Waals surface area contributed by atoms with E-state index < -0.39 is 12.1 Å². The molecule has 428 valence electrons. The van der Waals surface area contributed by atoms with Gasteiger partial charge in [-0.15, -0.1) is 0 Å². The molecule has 4 aromatic rings. The summed E-state index contributed by atoms with van der Waals surface area (Å²) in [7, 11) is 1.73. The summed E-state index contributed by atoms with van der Waals surface area (Å²) in [5.74, 6) is 6.22. The van der Waals surface area contributed by atoms with Crippen LogP contribution in [-0.2, 0) is 52.8 Å². The zero-order chi connectivity index (χ0) is 56.5. The van der Waals surface area contributed by atoms with Crippen LogP contribution in [0.2, 0.25) is 5.82 Å². The molecule has 3 atom stereocenters. The molecule has 0 spiro atoms. The van der Waals surface area contributed by atoms with Gasteiger partial charge >= 0.3 is 12.7 Å². The largest absolute Gasteiger partial charge is 0.494 e. The third-order valence-electron chi connectivity index (χ3n) is 16.1. The number of rotatable bonds is 28. The van der Waals surface area contributed by atoms with Gasteiger partial charge in [0.2, 0.25) is 5.91 Å². The summed E-state index contributed by atoms with van der Waals surface area (Å²) in [6, 6.07) is 16.1. The van der Waals surface area contributed by atoms with E-state index in [4.69, 9.17) is 29.8 Å². The fraction of sp³-hybridized carbons (Fsp3) is 0.629. The number of hydrogen-bond acceptors (Lipinski definition) is 13. The van der Waals surface area contributed by atoms with Crippen molar-refractivity contribution in [1.82, 2.24) is 24.8 Å². The van der Waals surface area contributed by atoms with Crippen molar-refractivity contribution < 1.29 is 38.1 Å². The van der Waals surface area contributed by atoms with E-state index in [0.29, 0.717) is 58.0 Å². The molecule has 1 aliphatic carbocycles. The van der Waals surface area contributed by atoms with Crippen LogP contribution in [0.4, 0.5) is 5.69 Å². The van der Waals surface area contributed by atoms with Crippen LogP contribution in [0.3, 0.4) is 0 Å². The minimum atomic E-state index is -0.805. The first-order valence-corrected chi connectivity index (χ1v) is 29.4. The van der Waals surface area contributed by atoms with E-state index in [2.05, 4.69) is 97.7 Å². The zero-order valence-corrected chi connectivity index (χ0v) is 49.3. The number of esters is 1. The molecule has 0 radical (unpaired) electrons. The predicted molar refractivity (Wildman–Crippen MR) is 316 cm³/mol. The average Bonchev–Trinajstić information content (AvgIpc) is 4.31. The monoisotopic (exact) mass is 1080 g/mol. The number of unbranched alkanes of at least 4 members (excludes halogenated alkanes) is 1. The topological polar surface area (TPSA) is 171 Å². The van der Waals surface area contributed by atoms with E-state index in [9.17, 15) is 19.2 Å². The van der Waals surface area contributed by atoms with E-state index in [0.717, 1.165) is 126 Å². The molecule has 2 saturated heterocycles. The molecular weight excluding hydrogens is 982 g/mol. The number of anilines is 1. The number of carbonyl (C=O) groups excluding carboxylic acids is 4. The number of fused-ring (bicyclic) bond motifs is 1. The number of nitrogens with one attached hydrogen (secondary N) is 1. The molecule has 3 unspecified atom stereocenters. The maximum Gasteiger partial charge on any atom is 0.302 e. The molecule has 3 N–H and O–H groups in total. The lowest BCUT2D eigenvalue weighted by molar-refractivity contribution is -0.144. The normalized spacial score (nSPS) is 16.6. The summed E-state index contributed by atoms with van der Waals surface area (Å²) in [5.41, 5.74) is 11.5. The van der Waals surface area contributed by atoms with Crippen molar-refractivity contribution in [3.05, 3.63) is 65.5 Å². The Hall–Kier alpha value is -5.13. The van der Waals surface area contributed by atoms with Gasteiger partial charge in [0.05, 0.1) is 61.5 Å². The predicted octanol–water partition coefficient (Wildman–Crippen LogP) is 10.3. The van der Waals surface area contributed by atoms with Crippen molar-refractivity contribution in [3.63, 3.8) is 0 Å². The lowest BCUT2D eigenvalue weighted by Gasteiger charge is -2.36. The number of hydrazine groups is 1. The first-order chi connectivity index (χ1) is 37.5. The highest BCUT2D eigenvalue weighted by atomic mass is 16.5. The SMILES string of the molecule is CCC.CCOc1cc(CC(CCCCNN)B(C=O)C(=O)CCOC(C)C2CCN(C(C)=O)CC2)cc(-c2ccc3c(c2)c(CC(C)(C)COC(C)=O)c(-c2cc(N4CCN(C5CC5)CC4)cnc2C(C)OC)n3CC)c1. The number of nitrogens with zero attached hydrogens (tertiary/aromatic N) is 5. The third-order valence-corrected chi connectivity index (χ3v) is 16.1. The molecule has 2 aromatic carbocycles. The van der Waals surface area contributed by atoms with Crippen molar-refractivity contribution in [3.8, 4) is 28.1 Å². The number of piperazine rings is 1. The third kappa shape index (κ3) is 16.7. The number of ether oxygens (including phenoxy) is 4. The number of carbonyl (C=O) groups is 4. The molecule has 0 bridgehead atoms. The molecular formula is C62H94BN7O8. The van der Waals surface area contributed by atoms with Gasteiger partial charge in [0.15, 0.2) is 0 Å². The molecule has 2 aromatic heterocycles. The lowest BCUT2D eigenvalue weighted by Crippen LogP contribution is -2.47. The summed E-state index contributed by atoms with van der Waals surface area (Å²) in [6.07, 6.45) is 11.6. The number of amides is 1. The van der Waals surface area contributed by atoms with E-state index in [1.165, 1.54) is 26.2 Å². The Kier molecular flexibility index (Phi) is 23.8. The molecule has 3 aliphatic rings. The molecule has 7 rings (SSSR count). The summed E-state index contributed by atoms with van der Waals surface area (Å²) >= 11 is 0. The van der Waals surface area contributed by atoms with Crippen LogP contribution in [0, 0.1) is 11.3 Å². The number of piperidine rings is 1. The minimum absolute atomic E-state index is 0.0570. The second kappa shape index (κ2) is 29.9. The summed E-state index contributed by atoms with van der Waals surface area (Å²) in [5, 5.41) is 1.10. The highest BCUT2D eigenvalue weighted by Crippen LogP contribution is 2.44. The lowest BCUT2D eigenvalue weighted by atomic mass is 9.37. The standard InChI is InChI=1S/C59H86BN7O8.C3H8/c1-10-67-55-18-15-46(34-52(55)54(36-59(7,8)38-75-43(6)70)58(67)53-35-50(37-62-57(53)41(4)72-9)66-27-25-65(26-28-66)49-16-17-49)47-30-44(32-51(33-47)73-11-2)31-48(14-12-13-22-63-61)60(39-68)56(71)21-29-74-40(3)45-19-23-64(24-20-45)42(5)69;1-3-2/h15,18,30,32-35,37,39-41,45,48-49,63H,10-14,16-17,19-29,31,36,38,61H2,1-9H3;3H2,1-2H3. The van der Waals surface area contributed by atoms with Gasteiger partial charge in [0.1, 0.15) is 11.4 Å². The van der Waals surface area contributed by atoms with Crippen LogP contribution in [0.15, 0.2) is 48.7 Å². The number of methoxy groups -OCH3 is 1. The number of likely N-dealkylation sites (tertiary alicyclic amines) is 1. The summed E-state index contributed by atoms with van der Waals surface area (Å²) < 4.78 is 26.7. The average molecular weight is 1080 g/mol. The number of aromatic nitrogens is 2. The molecule has 1 amide bonds. The van der Waals surface area contributed by atoms with Gasteiger partial charge in [-0.2, -0.15) is 0 Å². The number of aryl methyl sites for hydroxylation is 1. The molecule has 2 aliphatic heterocycles. The molecule has 1 saturated carbocycles. The van der Waals surface area contributed by atoms with E-state index >= 15 is 0 Å². The van der Waals surface area contributed by atoms with Crippen LogP contribution in [0.25, 0.3) is 33.3 Å². The molecule has 16 heteroatoms. The first-order valence-electron chi connectivity index (χ1n) is 29.4. The number of benzene rings is 2. The Morgan fingerprint density at radius 1 is 0.923 bits per heavy atom. The fourth-order valence-electron chi connectivity index (χ4n) is 11.6. The zero-order valence-electron chi connectivity index (χ0n) is 49.3. The molecule has 78 heavy (non-hydrogen) atoms. The van der Waals surface area contributed by atoms with Crippen molar-refractivity contribution in [2.75, 3.05) is 77.6 Å². The quantitative estimate of drug-likeness (QED) is 0.0138. The molecule has 3 fully saturated rings. The summed E-state index contributed by atoms with van der Waals surface area (Å²) in [4.78, 5) is 63.4. The van der Waals surface area contributed by atoms with Gasteiger partial charge in [0.25, 0.3) is 0 Å². The van der Waals surface area contributed by atoms with Crippen molar-refractivity contribution in [1.29, 1.82) is 0 Å². The van der Waals surface area contributed by atoms with Gasteiger partial charge in [-0.05, 0) is 137 Å². The first kappa shape index (κ1) is 62.1. The van der Waals surface area contributed by atoms with Crippen LogP contribution >= 0.6 is 0 Å². The van der Waals surface area contributed by atoms with Gasteiger partial charge in [0, 0.05) is 108 Å². The Balaban J connectivity index is 0.00000320. The number of pyridine rings is 1. The van der Waals surface area contributed by atoms with Crippen LogP contribution < -0.4 is 20.9 Å². The van der Waals surface area contributed by atoms with E-state index in [1.54, 1.807) is 14.0 Å². The maximum absolute atomic E-state index is 14.1. The second-order valence-corrected chi connectivity index (χ2v) is 22.9. The van der Waals surface area contributed by atoms with Crippen molar-refractivity contribution in [2.45, 2.75) is 170 Å². The van der Waals surface area contributed by atoms with Crippen LogP contribution in [0.5, 0.6) is 5.75 Å². The van der Waals surface area contributed by atoms with Crippen LogP contribution in [0.1, 0.15) is 150 Å². The Bertz CT molecular complexity index is 2580. The minimum Gasteiger partial charge on any atom is -0.494 e. The molecule has 15 nitrogen and oxygen atoms in total. The molecule has 4 heterocycles. The van der Waals surface area contributed by atoms with Gasteiger partial charge in [-0.25, -0.2) is 0 Å². The van der Waals surface area contributed by atoms with Crippen LogP contribution in [-0.4, -0.2) is 135 Å². The summed E-state index contributed by atoms with van der Waals surface area (Å²) in [6.45, 7) is 26.8.